The van der Waals surface area contributed by atoms with Gasteiger partial charge in [0.05, 0.1) is 6.42 Å². The van der Waals surface area contributed by atoms with Gasteiger partial charge in [0.25, 0.3) is 0 Å². The van der Waals surface area contributed by atoms with Crippen molar-refractivity contribution in [1.82, 2.24) is 0 Å². The van der Waals surface area contributed by atoms with Crippen molar-refractivity contribution in [3.63, 3.8) is 0 Å². The Hall–Kier alpha value is -1.84. The number of rotatable bonds is 4. The van der Waals surface area contributed by atoms with Crippen LogP contribution in [0, 0.1) is 12.8 Å². The second-order valence-electron chi connectivity index (χ2n) is 4.23. The molecule has 0 saturated heterocycles. The van der Waals surface area contributed by atoms with Crippen LogP contribution >= 0.6 is 0 Å². The maximum Gasteiger partial charge on any atom is 0.304 e. The first-order valence-corrected chi connectivity index (χ1v) is 5.48. The van der Waals surface area contributed by atoms with Crippen molar-refractivity contribution in [3.05, 3.63) is 29.8 Å². The third kappa shape index (κ3) is 3.59. The fraction of sp³-hybridized carbons (Fsp3) is 0.385. The van der Waals surface area contributed by atoms with Crippen LogP contribution in [0.1, 0.15) is 18.9 Å². The highest BCUT2D eigenvalue weighted by atomic mass is 16.4. The molecule has 1 aromatic carbocycles. The lowest BCUT2D eigenvalue weighted by atomic mass is 10.1. The Morgan fingerprint density at radius 3 is 2.29 bits per heavy atom. The summed E-state index contributed by atoms with van der Waals surface area (Å²) in [6, 6.07) is 7.53. The first-order chi connectivity index (χ1) is 7.91. The maximum absolute atomic E-state index is 11.9. The summed E-state index contributed by atoms with van der Waals surface area (Å²) in [7, 11) is 1.66. The average molecular weight is 235 g/mol. The molecular formula is C13H17NO3. The van der Waals surface area contributed by atoms with E-state index in [1.54, 1.807) is 14.0 Å². The molecule has 0 heterocycles. The number of carbonyl (C=O) groups is 2. The Balaban J connectivity index is 2.75. The summed E-state index contributed by atoms with van der Waals surface area (Å²) in [4.78, 5) is 24.0. The minimum atomic E-state index is -0.955. The van der Waals surface area contributed by atoms with Crippen molar-refractivity contribution in [2.24, 2.45) is 5.92 Å². The van der Waals surface area contributed by atoms with Gasteiger partial charge in [0.1, 0.15) is 0 Å². The molecule has 0 radical (unpaired) electrons. The van der Waals surface area contributed by atoms with Crippen LogP contribution in [0.2, 0.25) is 0 Å². The van der Waals surface area contributed by atoms with Crippen molar-refractivity contribution in [2.75, 3.05) is 11.9 Å². The van der Waals surface area contributed by atoms with Gasteiger partial charge in [0, 0.05) is 18.7 Å². The molecule has 17 heavy (non-hydrogen) atoms. The fourth-order valence-electron chi connectivity index (χ4n) is 1.58. The van der Waals surface area contributed by atoms with Gasteiger partial charge >= 0.3 is 5.97 Å². The summed E-state index contributed by atoms with van der Waals surface area (Å²) in [5.41, 5.74) is 1.89. The van der Waals surface area contributed by atoms with E-state index in [-0.39, 0.29) is 12.3 Å². The van der Waals surface area contributed by atoms with E-state index in [2.05, 4.69) is 0 Å². The van der Waals surface area contributed by atoms with Gasteiger partial charge < -0.3 is 10.0 Å². The van der Waals surface area contributed by atoms with Gasteiger partial charge in [-0.2, -0.15) is 0 Å². The van der Waals surface area contributed by atoms with Crippen molar-refractivity contribution in [2.45, 2.75) is 20.3 Å². The number of carboxylic acids is 1. The Labute approximate surface area is 101 Å². The quantitative estimate of drug-likeness (QED) is 0.869. The van der Waals surface area contributed by atoms with E-state index in [0.29, 0.717) is 0 Å². The highest BCUT2D eigenvalue weighted by molar-refractivity contribution is 5.95. The molecule has 1 amide bonds. The maximum atomic E-state index is 11.9. The van der Waals surface area contributed by atoms with Crippen molar-refractivity contribution < 1.29 is 14.7 Å². The van der Waals surface area contributed by atoms with E-state index in [1.165, 1.54) is 4.90 Å². The van der Waals surface area contributed by atoms with E-state index in [9.17, 15) is 9.59 Å². The lowest BCUT2D eigenvalue weighted by Gasteiger charge is -2.20. The van der Waals surface area contributed by atoms with Crippen molar-refractivity contribution in [1.29, 1.82) is 0 Å². The highest BCUT2D eigenvalue weighted by Crippen LogP contribution is 2.17. The molecule has 1 unspecified atom stereocenters. The van der Waals surface area contributed by atoms with Gasteiger partial charge in [-0.3, -0.25) is 9.59 Å². The number of nitrogens with zero attached hydrogens (tertiary/aromatic N) is 1. The third-order valence-electron chi connectivity index (χ3n) is 2.65. The van der Waals surface area contributed by atoms with Crippen molar-refractivity contribution in [3.8, 4) is 0 Å². The number of benzene rings is 1. The predicted octanol–water partition coefficient (Wildman–Crippen LogP) is 2.07. The van der Waals surface area contributed by atoms with Crippen molar-refractivity contribution >= 4 is 17.6 Å². The number of carboxylic acid groups (broad SMARTS) is 1. The number of hydrogen-bond donors (Lipinski definition) is 1. The van der Waals surface area contributed by atoms with Crippen LogP contribution in [0.4, 0.5) is 5.69 Å². The Morgan fingerprint density at radius 2 is 1.82 bits per heavy atom. The largest absolute Gasteiger partial charge is 0.481 e. The standard InChI is InChI=1S/C13H17NO3/c1-9-4-6-11(7-5-9)14(3)13(17)10(2)8-12(15)16/h4-7,10H,8H2,1-3H3,(H,15,16). The summed E-state index contributed by atoms with van der Waals surface area (Å²) >= 11 is 0. The third-order valence-corrected chi connectivity index (χ3v) is 2.65. The molecule has 0 fully saturated rings. The molecule has 0 aliphatic rings. The van der Waals surface area contributed by atoms with Gasteiger partial charge in [0.2, 0.25) is 5.91 Å². The summed E-state index contributed by atoms with van der Waals surface area (Å²) in [5.74, 6) is -1.65. The number of anilines is 1. The van der Waals surface area contributed by atoms with Crippen LogP contribution in [-0.2, 0) is 9.59 Å². The molecule has 1 N–H and O–H groups in total. The van der Waals surface area contributed by atoms with Crippen LogP contribution in [0.3, 0.4) is 0 Å². The molecule has 92 valence electrons. The monoisotopic (exact) mass is 235 g/mol. The highest BCUT2D eigenvalue weighted by Gasteiger charge is 2.20. The zero-order valence-electron chi connectivity index (χ0n) is 10.3. The molecule has 0 aromatic heterocycles. The van der Waals surface area contributed by atoms with Crippen LogP contribution in [0.5, 0.6) is 0 Å². The van der Waals surface area contributed by atoms with E-state index in [4.69, 9.17) is 5.11 Å². The molecular weight excluding hydrogens is 218 g/mol. The molecule has 0 aliphatic carbocycles. The first kappa shape index (κ1) is 13.2. The number of aryl methyl sites for hydroxylation is 1. The molecule has 4 heteroatoms. The molecule has 0 bridgehead atoms. The molecule has 1 aromatic rings. The summed E-state index contributed by atoms with van der Waals surface area (Å²) < 4.78 is 0. The normalized spacial score (nSPS) is 11.9. The lowest BCUT2D eigenvalue weighted by Crippen LogP contribution is -2.32. The average Bonchev–Trinajstić information content (AvgIpc) is 2.27. The molecule has 4 nitrogen and oxygen atoms in total. The van der Waals surface area contributed by atoms with Gasteiger partial charge in [0.15, 0.2) is 0 Å². The van der Waals surface area contributed by atoms with Crippen LogP contribution in [0.25, 0.3) is 0 Å². The molecule has 0 spiro atoms. The van der Waals surface area contributed by atoms with Crippen LogP contribution in [-0.4, -0.2) is 24.0 Å². The zero-order valence-corrected chi connectivity index (χ0v) is 10.3. The lowest BCUT2D eigenvalue weighted by molar-refractivity contribution is -0.140. The minimum absolute atomic E-state index is 0.144. The van der Waals surface area contributed by atoms with E-state index >= 15 is 0 Å². The van der Waals surface area contributed by atoms with Gasteiger partial charge in [-0.25, -0.2) is 0 Å². The second-order valence-corrected chi connectivity index (χ2v) is 4.23. The summed E-state index contributed by atoms with van der Waals surface area (Å²) in [6.07, 6.45) is -0.144. The number of hydrogen-bond acceptors (Lipinski definition) is 2. The molecule has 0 aliphatic heterocycles. The molecule has 0 saturated carbocycles. The van der Waals surface area contributed by atoms with Gasteiger partial charge in [-0.1, -0.05) is 24.6 Å². The predicted molar refractivity (Wildman–Crippen MR) is 66.0 cm³/mol. The molecule has 1 atom stereocenters. The SMILES string of the molecule is Cc1ccc(N(C)C(=O)C(C)CC(=O)O)cc1. The van der Waals surface area contributed by atoms with E-state index in [1.807, 2.05) is 31.2 Å². The van der Waals surface area contributed by atoms with Gasteiger partial charge in [-0.15, -0.1) is 0 Å². The zero-order chi connectivity index (χ0) is 13.0. The summed E-state index contributed by atoms with van der Waals surface area (Å²) in [6.45, 7) is 3.60. The van der Waals surface area contributed by atoms with E-state index in [0.717, 1.165) is 11.3 Å². The van der Waals surface area contributed by atoms with Gasteiger partial charge in [-0.05, 0) is 19.1 Å². The van der Waals surface area contributed by atoms with Crippen LogP contribution in [0.15, 0.2) is 24.3 Å². The fourth-order valence-corrected chi connectivity index (χ4v) is 1.58. The number of carbonyl (C=O) groups excluding carboxylic acids is 1. The Morgan fingerprint density at radius 1 is 1.29 bits per heavy atom. The Bertz CT molecular complexity index is 411. The smallest absolute Gasteiger partial charge is 0.304 e. The second kappa shape index (κ2) is 5.48. The minimum Gasteiger partial charge on any atom is -0.481 e. The van der Waals surface area contributed by atoms with E-state index < -0.39 is 11.9 Å². The molecule has 1 rings (SSSR count). The van der Waals surface area contributed by atoms with Crippen LogP contribution < -0.4 is 4.90 Å². The first-order valence-electron chi connectivity index (χ1n) is 5.48. The Kier molecular flexibility index (Phi) is 4.26. The number of amides is 1. The summed E-state index contributed by atoms with van der Waals surface area (Å²) in [5, 5.41) is 8.65. The topological polar surface area (TPSA) is 57.6 Å². The number of aliphatic carboxylic acids is 1.